The summed E-state index contributed by atoms with van der Waals surface area (Å²) in [5.41, 5.74) is 7.79. The minimum atomic E-state index is -0.931. The van der Waals surface area contributed by atoms with Crippen LogP contribution in [-0.2, 0) is 4.79 Å². The molecule has 0 saturated heterocycles. The fraction of sp³-hybridized carbons (Fsp3) is 0.667. The van der Waals surface area contributed by atoms with Gasteiger partial charge in [-0.2, -0.15) is 0 Å². The van der Waals surface area contributed by atoms with E-state index in [0.717, 1.165) is 12.8 Å². The molecule has 1 atom stereocenters. The van der Waals surface area contributed by atoms with Crippen molar-refractivity contribution in [1.29, 1.82) is 0 Å². The molecule has 0 radical (unpaired) electrons. The minimum absolute atomic E-state index is 0.0208. The molecular weight excluding hydrogens is 242 g/mol. The SMILES string of the molecule is CC(C)=CCCC(C)=CCO.CC(C)[C@H](N)C(=O)O. The van der Waals surface area contributed by atoms with Crippen LogP contribution in [0.4, 0.5) is 0 Å². The molecule has 4 N–H and O–H groups in total. The number of aliphatic carboxylic acids is 1. The summed E-state index contributed by atoms with van der Waals surface area (Å²) in [6.07, 6.45) is 6.23. The Kier molecular flexibility index (Phi) is 12.7. The van der Waals surface area contributed by atoms with Crippen LogP contribution in [-0.4, -0.2) is 28.8 Å². The number of nitrogens with two attached hydrogens (primary N) is 1. The van der Waals surface area contributed by atoms with Gasteiger partial charge in [-0.25, -0.2) is 0 Å². The van der Waals surface area contributed by atoms with Crippen molar-refractivity contribution in [2.24, 2.45) is 11.7 Å². The van der Waals surface area contributed by atoms with Crippen molar-refractivity contribution in [3.05, 3.63) is 23.3 Å². The molecule has 0 aromatic heterocycles. The van der Waals surface area contributed by atoms with Crippen LogP contribution in [0.2, 0.25) is 0 Å². The fourth-order valence-electron chi connectivity index (χ4n) is 1.13. The molecule has 0 aromatic rings. The Bertz CT molecular complexity index is 303. The Morgan fingerprint density at radius 2 is 1.74 bits per heavy atom. The number of hydrogen-bond acceptors (Lipinski definition) is 3. The molecule has 0 spiro atoms. The highest BCUT2D eigenvalue weighted by Crippen LogP contribution is 2.05. The van der Waals surface area contributed by atoms with Crippen LogP contribution in [0.5, 0.6) is 0 Å². The molecule has 0 heterocycles. The fourth-order valence-corrected chi connectivity index (χ4v) is 1.13. The second-order valence-corrected chi connectivity index (χ2v) is 5.16. The van der Waals surface area contributed by atoms with Gasteiger partial charge in [-0.15, -0.1) is 0 Å². The third-order valence-electron chi connectivity index (χ3n) is 2.53. The van der Waals surface area contributed by atoms with E-state index < -0.39 is 12.0 Å². The number of rotatable bonds is 6. The molecule has 0 rings (SSSR count). The highest BCUT2D eigenvalue weighted by molar-refractivity contribution is 5.73. The topological polar surface area (TPSA) is 83.5 Å². The quantitative estimate of drug-likeness (QED) is 0.649. The first-order chi connectivity index (χ1) is 8.72. The van der Waals surface area contributed by atoms with Gasteiger partial charge in [0.15, 0.2) is 0 Å². The normalized spacial score (nSPS) is 12.5. The third-order valence-corrected chi connectivity index (χ3v) is 2.53. The summed E-state index contributed by atoms with van der Waals surface area (Å²) in [6, 6.07) is -0.713. The molecule has 4 nitrogen and oxygen atoms in total. The van der Waals surface area contributed by atoms with Crippen molar-refractivity contribution in [1.82, 2.24) is 0 Å². The number of allylic oxidation sites excluding steroid dienone is 3. The molecular formula is C15H29NO3. The zero-order chi connectivity index (χ0) is 15.4. The lowest BCUT2D eigenvalue weighted by Gasteiger charge is -2.07. The summed E-state index contributed by atoms with van der Waals surface area (Å²) in [4.78, 5) is 10.0. The predicted molar refractivity (Wildman–Crippen MR) is 80.0 cm³/mol. The summed E-state index contributed by atoms with van der Waals surface area (Å²) in [5, 5.41) is 16.8. The van der Waals surface area contributed by atoms with E-state index in [-0.39, 0.29) is 12.5 Å². The molecule has 0 aliphatic rings. The lowest BCUT2D eigenvalue weighted by Crippen LogP contribution is -2.34. The van der Waals surface area contributed by atoms with Crippen LogP contribution in [0.3, 0.4) is 0 Å². The molecule has 0 amide bonds. The lowest BCUT2D eigenvalue weighted by atomic mass is 10.1. The smallest absolute Gasteiger partial charge is 0.320 e. The van der Waals surface area contributed by atoms with E-state index in [0.29, 0.717) is 0 Å². The van der Waals surface area contributed by atoms with Crippen LogP contribution < -0.4 is 5.73 Å². The van der Waals surface area contributed by atoms with Gasteiger partial charge < -0.3 is 15.9 Å². The second kappa shape index (κ2) is 11.9. The zero-order valence-electron chi connectivity index (χ0n) is 12.8. The molecule has 0 aromatic carbocycles. The van der Waals surface area contributed by atoms with Crippen molar-refractivity contribution in [2.75, 3.05) is 6.61 Å². The largest absolute Gasteiger partial charge is 0.480 e. The van der Waals surface area contributed by atoms with Gasteiger partial charge in [-0.1, -0.05) is 37.1 Å². The van der Waals surface area contributed by atoms with Crippen LogP contribution in [0.15, 0.2) is 23.3 Å². The molecule has 0 bridgehead atoms. The second-order valence-electron chi connectivity index (χ2n) is 5.16. The van der Waals surface area contributed by atoms with E-state index >= 15 is 0 Å². The number of carboxylic acids is 1. The molecule has 19 heavy (non-hydrogen) atoms. The molecule has 4 heteroatoms. The summed E-state index contributed by atoms with van der Waals surface area (Å²) in [7, 11) is 0. The third kappa shape index (κ3) is 14.8. The number of aliphatic hydroxyl groups excluding tert-OH is 1. The zero-order valence-corrected chi connectivity index (χ0v) is 12.8. The van der Waals surface area contributed by atoms with E-state index in [1.165, 1.54) is 11.1 Å². The van der Waals surface area contributed by atoms with E-state index in [4.69, 9.17) is 15.9 Å². The minimum Gasteiger partial charge on any atom is -0.480 e. The predicted octanol–water partition coefficient (Wildman–Crippen LogP) is 2.73. The summed E-state index contributed by atoms with van der Waals surface area (Å²) in [5.74, 6) is -0.910. The van der Waals surface area contributed by atoms with Crippen molar-refractivity contribution in [3.63, 3.8) is 0 Å². The van der Waals surface area contributed by atoms with Gasteiger partial charge in [0.05, 0.1) is 6.61 Å². The van der Waals surface area contributed by atoms with Gasteiger partial charge in [0.25, 0.3) is 0 Å². The first-order valence-electron chi connectivity index (χ1n) is 6.60. The van der Waals surface area contributed by atoms with Gasteiger partial charge >= 0.3 is 5.97 Å². The Morgan fingerprint density at radius 1 is 1.21 bits per heavy atom. The van der Waals surface area contributed by atoms with Gasteiger partial charge in [-0.3, -0.25) is 4.79 Å². The van der Waals surface area contributed by atoms with Crippen LogP contribution in [0, 0.1) is 5.92 Å². The van der Waals surface area contributed by atoms with Crippen molar-refractivity contribution >= 4 is 5.97 Å². The summed E-state index contributed by atoms with van der Waals surface area (Å²) < 4.78 is 0. The Balaban J connectivity index is 0. The van der Waals surface area contributed by atoms with E-state index in [9.17, 15) is 4.79 Å². The summed E-state index contributed by atoms with van der Waals surface area (Å²) in [6.45, 7) is 9.98. The number of carbonyl (C=O) groups is 1. The van der Waals surface area contributed by atoms with Gasteiger partial charge in [0, 0.05) is 0 Å². The average molecular weight is 271 g/mol. The maximum absolute atomic E-state index is 10.0. The first-order valence-corrected chi connectivity index (χ1v) is 6.60. The van der Waals surface area contributed by atoms with Gasteiger partial charge in [0.2, 0.25) is 0 Å². The maximum atomic E-state index is 10.0. The Hall–Kier alpha value is -1.13. The average Bonchev–Trinajstić information content (AvgIpc) is 2.28. The van der Waals surface area contributed by atoms with Crippen LogP contribution in [0.1, 0.15) is 47.5 Å². The van der Waals surface area contributed by atoms with Crippen molar-refractivity contribution < 1.29 is 15.0 Å². The van der Waals surface area contributed by atoms with E-state index in [2.05, 4.69) is 26.8 Å². The highest BCUT2D eigenvalue weighted by atomic mass is 16.4. The molecule has 0 saturated carbocycles. The Labute approximate surface area is 117 Å². The standard InChI is InChI=1S/C10H18O.C5H11NO2/c1-9(2)5-4-6-10(3)7-8-11;1-3(2)4(6)5(7)8/h5,7,11H,4,6,8H2,1-3H3;3-4H,6H2,1-2H3,(H,7,8)/t;4-/m.0/s1. The van der Waals surface area contributed by atoms with E-state index in [1.54, 1.807) is 13.8 Å². The molecule has 0 aliphatic carbocycles. The molecule has 0 aliphatic heterocycles. The van der Waals surface area contributed by atoms with Gasteiger partial charge in [-0.05, 0) is 39.5 Å². The maximum Gasteiger partial charge on any atom is 0.320 e. The molecule has 112 valence electrons. The first kappa shape index (κ1) is 20.2. The highest BCUT2D eigenvalue weighted by Gasteiger charge is 2.14. The lowest BCUT2D eigenvalue weighted by molar-refractivity contribution is -0.139. The van der Waals surface area contributed by atoms with Crippen LogP contribution in [0.25, 0.3) is 0 Å². The van der Waals surface area contributed by atoms with Crippen molar-refractivity contribution in [2.45, 2.75) is 53.5 Å². The Morgan fingerprint density at radius 3 is 2.00 bits per heavy atom. The molecule has 0 unspecified atom stereocenters. The number of aliphatic hydroxyl groups is 1. The van der Waals surface area contributed by atoms with Gasteiger partial charge in [0.1, 0.15) is 6.04 Å². The monoisotopic (exact) mass is 271 g/mol. The molecule has 0 fully saturated rings. The summed E-state index contributed by atoms with van der Waals surface area (Å²) >= 11 is 0. The number of hydrogen-bond donors (Lipinski definition) is 3. The van der Waals surface area contributed by atoms with E-state index in [1.807, 2.05) is 6.08 Å². The van der Waals surface area contributed by atoms with Crippen LogP contribution >= 0.6 is 0 Å². The number of carboxylic acid groups (broad SMARTS) is 1. The van der Waals surface area contributed by atoms with Crippen molar-refractivity contribution in [3.8, 4) is 0 Å².